The van der Waals surface area contributed by atoms with Crippen molar-refractivity contribution < 1.29 is 8.78 Å². The van der Waals surface area contributed by atoms with E-state index in [0.717, 1.165) is 18.3 Å². The third-order valence-electron chi connectivity index (χ3n) is 1.88. The molecule has 0 saturated carbocycles. The zero-order chi connectivity index (χ0) is 10.8. The molecule has 0 aliphatic rings. The van der Waals surface area contributed by atoms with Crippen molar-refractivity contribution in [1.29, 1.82) is 0 Å². The number of aromatic nitrogens is 2. The summed E-state index contributed by atoms with van der Waals surface area (Å²) < 4.78 is 25.5. The summed E-state index contributed by atoms with van der Waals surface area (Å²) >= 11 is 0. The van der Waals surface area contributed by atoms with Gasteiger partial charge in [0.1, 0.15) is 0 Å². The van der Waals surface area contributed by atoms with Crippen LogP contribution in [0.1, 0.15) is 0 Å². The lowest BCUT2D eigenvalue weighted by atomic mass is 10.1. The van der Waals surface area contributed by atoms with Gasteiger partial charge in [-0.05, 0) is 18.2 Å². The second-order valence-electron chi connectivity index (χ2n) is 2.94. The van der Waals surface area contributed by atoms with Crippen LogP contribution >= 0.6 is 0 Å². The molecule has 1 aromatic carbocycles. The average Bonchev–Trinajstić information content (AvgIpc) is 2.22. The molecule has 0 spiro atoms. The van der Waals surface area contributed by atoms with Gasteiger partial charge in [0.05, 0.1) is 18.1 Å². The van der Waals surface area contributed by atoms with Gasteiger partial charge in [0.15, 0.2) is 11.6 Å². The molecule has 5 heteroatoms. The third-order valence-corrected chi connectivity index (χ3v) is 1.88. The Kier molecular flexibility index (Phi) is 2.29. The van der Waals surface area contributed by atoms with Gasteiger partial charge >= 0.3 is 0 Å². The highest BCUT2D eigenvalue weighted by Crippen LogP contribution is 2.17. The lowest BCUT2D eigenvalue weighted by Crippen LogP contribution is -2.05. The fraction of sp³-hybridized carbons (Fsp3) is 0. The SMILES string of the molecule is O=c1cncc(-c2ccc(F)c(F)c2)[nH]1. The van der Waals surface area contributed by atoms with Gasteiger partial charge in [-0.2, -0.15) is 0 Å². The number of aromatic amines is 1. The van der Waals surface area contributed by atoms with E-state index in [1.54, 1.807) is 0 Å². The smallest absolute Gasteiger partial charge is 0.266 e. The molecule has 15 heavy (non-hydrogen) atoms. The van der Waals surface area contributed by atoms with Crippen molar-refractivity contribution in [1.82, 2.24) is 9.97 Å². The monoisotopic (exact) mass is 208 g/mol. The summed E-state index contributed by atoms with van der Waals surface area (Å²) in [7, 11) is 0. The lowest BCUT2D eigenvalue weighted by Gasteiger charge is -2.00. The molecule has 0 saturated heterocycles. The molecule has 0 bridgehead atoms. The van der Waals surface area contributed by atoms with Crippen LogP contribution in [0.4, 0.5) is 8.78 Å². The molecule has 0 unspecified atom stereocenters. The van der Waals surface area contributed by atoms with Crippen LogP contribution in [0.25, 0.3) is 11.3 Å². The molecule has 76 valence electrons. The molecule has 0 radical (unpaired) electrons. The van der Waals surface area contributed by atoms with Crippen molar-refractivity contribution in [3.63, 3.8) is 0 Å². The Morgan fingerprint density at radius 2 is 1.93 bits per heavy atom. The molecule has 0 amide bonds. The Morgan fingerprint density at radius 3 is 2.60 bits per heavy atom. The Hall–Kier alpha value is -2.04. The summed E-state index contributed by atoms with van der Waals surface area (Å²) in [5.41, 5.74) is 0.331. The molecule has 0 atom stereocenters. The largest absolute Gasteiger partial charge is 0.319 e. The van der Waals surface area contributed by atoms with E-state index in [1.165, 1.54) is 12.3 Å². The molecule has 1 N–H and O–H groups in total. The number of rotatable bonds is 1. The topological polar surface area (TPSA) is 45.8 Å². The standard InChI is InChI=1S/C10H6F2N2O/c11-7-2-1-6(3-8(7)12)9-4-13-5-10(15)14-9/h1-5H,(H,14,15). The molecule has 0 aliphatic carbocycles. The highest BCUT2D eigenvalue weighted by Gasteiger charge is 2.04. The van der Waals surface area contributed by atoms with Gasteiger partial charge < -0.3 is 4.98 Å². The van der Waals surface area contributed by atoms with Crippen molar-refractivity contribution in [3.05, 3.63) is 52.6 Å². The van der Waals surface area contributed by atoms with Gasteiger partial charge in [0, 0.05) is 5.56 Å². The van der Waals surface area contributed by atoms with Crippen LogP contribution in [0.2, 0.25) is 0 Å². The fourth-order valence-corrected chi connectivity index (χ4v) is 1.19. The molecule has 0 aliphatic heterocycles. The van der Waals surface area contributed by atoms with Crippen molar-refractivity contribution in [2.24, 2.45) is 0 Å². The van der Waals surface area contributed by atoms with Crippen LogP contribution in [0.15, 0.2) is 35.4 Å². The highest BCUT2D eigenvalue weighted by atomic mass is 19.2. The van der Waals surface area contributed by atoms with Crippen molar-refractivity contribution in [3.8, 4) is 11.3 Å². The molecular formula is C10H6F2N2O. The van der Waals surface area contributed by atoms with Gasteiger partial charge in [-0.3, -0.25) is 9.78 Å². The van der Waals surface area contributed by atoms with Crippen LogP contribution in [0.5, 0.6) is 0 Å². The minimum Gasteiger partial charge on any atom is -0.319 e. The zero-order valence-corrected chi connectivity index (χ0v) is 7.50. The first kappa shape index (κ1) is 9.51. The molecule has 2 rings (SSSR count). The quantitative estimate of drug-likeness (QED) is 0.775. The van der Waals surface area contributed by atoms with Crippen molar-refractivity contribution in [2.75, 3.05) is 0 Å². The number of nitrogens with one attached hydrogen (secondary N) is 1. The maximum atomic E-state index is 12.9. The minimum absolute atomic E-state index is 0.349. The summed E-state index contributed by atoms with van der Waals surface area (Å²) in [5, 5.41) is 0. The van der Waals surface area contributed by atoms with Crippen LogP contribution in [-0.4, -0.2) is 9.97 Å². The Balaban J connectivity index is 2.55. The molecule has 3 nitrogen and oxygen atoms in total. The lowest BCUT2D eigenvalue weighted by molar-refractivity contribution is 0.509. The fourth-order valence-electron chi connectivity index (χ4n) is 1.19. The van der Waals surface area contributed by atoms with E-state index in [-0.39, 0.29) is 0 Å². The van der Waals surface area contributed by atoms with E-state index in [9.17, 15) is 13.6 Å². The molecule has 1 aromatic heterocycles. The molecule has 2 aromatic rings. The van der Waals surface area contributed by atoms with Crippen molar-refractivity contribution >= 4 is 0 Å². The van der Waals surface area contributed by atoms with Crippen LogP contribution in [-0.2, 0) is 0 Å². The van der Waals surface area contributed by atoms with E-state index in [1.807, 2.05) is 0 Å². The van der Waals surface area contributed by atoms with Crippen molar-refractivity contribution in [2.45, 2.75) is 0 Å². The predicted molar refractivity (Wildman–Crippen MR) is 50.2 cm³/mol. The van der Waals surface area contributed by atoms with Gasteiger partial charge in [-0.25, -0.2) is 8.78 Å². The summed E-state index contributed by atoms with van der Waals surface area (Å²) in [5.74, 6) is -1.89. The van der Waals surface area contributed by atoms with Gasteiger partial charge in [0.2, 0.25) is 0 Å². The third kappa shape index (κ3) is 1.90. The summed E-state index contributed by atoms with van der Waals surface area (Å²) in [4.78, 5) is 17.0. The number of H-pyrrole nitrogens is 1. The van der Waals surface area contributed by atoms with E-state index >= 15 is 0 Å². The normalized spacial score (nSPS) is 10.3. The van der Waals surface area contributed by atoms with Crippen LogP contribution in [0, 0.1) is 11.6 Å². The Labute approximate surface area is 83.4 Å². The van der Waals surface area contributed by atoms with E-state index in [4.69, 9.17) is 0 Å². The van der Waals surface area contributed by atoms with Crippen LogP contribution < -0.4 is 5.56 Å². The highest BCUT2D eigenvalue weighted by molar-refractivity contribution is 5.57. The number of halogens is 2. The second-order valence-corrected chi connectivity index (χ2v) is 2.94. The average molecular weight is 208 g/mol. The number of hydrogen-bond donors (Lipinski definition) is 1. The molecular weight excluding hydrogens is 202 g/mol. The zero-order valence-electron chi connectivity index (χ0n) is 7.50. The summed E-state index contributed by atoms with van der Waals surface area (Å²) in [6, 6.07) is 3.36. The number of nitrogens with zero attached hydrogens (tertiary/aromatic N) is 1. The van der Waals surface area contributed by atoms with Crippen LogP contribution in [0.3, 0.4) is 0 Å². The Morgan fingerprint density at radius 1 is 1.13 bits per heavy atom. The second kappa shape index (κ2) is 3.61. The van der Waals surface area contributed by atoms with E-state index < -0.39 is 17.2 Å². The van der Waals surface area contributed by atoms with Gasteiger partial charge in [0.25, 0.3) is 5.56 Å². The van der Waals surface area contributed by atoms with Gasteiger partial charge in [-0.1, -0.05) is 0 Å². The van der Waals surface area contributed by atoms with E-state index in [0.29, 0.717) is 11.3 Å². The van der Waals surface area contributed by atoms with Gasteiger partial charge in [-0.15, -0.1) is 0 Å². The Bertz CT molecular complexity index is 551. The first-order valence-electron chi connectivity index (χ1n) is 4.16. The molecule has 1 heterocycles. The first-order valence-corrected chi connectivity index (χ1v) is 4.16. The minimum atomic E-state index is -0.961. The summed E-state index contributed by atoms with van der Waals surface area (Å²) in [6.45, 7) is 0. The first-order chi connectivity index (χ1) is 7.16. The van der Waals surface area contributed by atoms with E-state index in [2.05, 4.69) is 9.97 Å². The molecule has 0 fully saturated rings. The maximum Gasteiger partial charge on any atom is 0.266 e. The number of benzene rings is 1. The summed E-state index contributed by atoms with van der Waals surface area (Å²) in [6.07, 6.45) is 2.47. The number of hydrogen-bond acceptors (Lipinski definition) is 2. The maximum absolute atomic E-state index is 12.9. The predicted octanol–water partition coefficient (Wildman–Crippen LogP) is 1.72.